The standard InChI is InChI=1S/C21H31N3O3.ClH/c1-27-19-10-9-16(21(26)24-11-4-2-3-5-12-24)13-18(19)23-20(25)14-15-7-6-8-17(15)22;/h9-10,13,15,17H,2-8,11-12,14,22H2,1H3,(H,23,25);1H/t15-,17+;/m0./s1. The minimum atomic E-state index is -0.0741. The number of methoxy groups -OCH3 is 1. The number of likely N-dealkylation sites (tertiary alicyclic amines) is 1. The average molecular weight is 410 g/mol. The number of halogens is 1. The number of nitrogens with one attached hydrogen (secondary N) is 1. The van der Waals surface area contributed by atoms with Crippen LogP contribution in [0.2, 0.25) is 0 Å². The molecule has 1 heterocycles. The molecule has 28 heavy (non-hydrogen) atoms. The molecule has 0 bridgehead atoms. The molecule has 156 valence electrons. The quantitative estimate of drug-likeness (QED) is 0.778. The van der Waals surface area contributed by atoms with E-state index in [9.17, 15) is 9.59 Å². The van der Waals surface area contributed by atoms with Gasteiger partial charge in [0.05, 0.1) is 12.8 Å². The van der Waals surface area contributed by atoms with E-state index in [1.165, 1.54) is 12.8 Å². The third-order valence-electron chi connectivity index (χ3n) is 5.78. The summed E-state index contributed by atoms with van der Waals surface area (Å²) >= 11 is 0. The molecular formula is C21H32ClN3O3. The zero-order valence-electron chi connectivity index (χ0n) is 16.6. The van der Waals surface area contributed by atoms with Crippen LogP contribution in [0.5, 0.6) is 5.75 Å². The Morgan fingerprint density at radius 2 is 1.86 bits per heavy atom. The first-order chi connectivity index (χ1) is 13.1. The number of ether oxygens (including phenoxy) is 1. The Hall–Kier alpha value is -1.79. The fourth-order valence-electron chi connectivity index (χ4n) is 4.15. The minimum absolute atomic E-state index is 0. The molecule has 1 saturated heterocycles. The van der Waals surface area contributed by atoms with Crippen molar-refractivity contribution in [1.82, 2.24) is 4.90 Å². The van der Waals surface area contributed by atoms with Crippen molar-refractivity contribution in [2.24, 2.45) is 11.7 Å². The van der Waals surface area contributed by atoms with Crippen LogP contribution < -0.4 is 15.8 Å². The number of rotatable bonds is 5. The molecule has 7 heteroatoms. The SMILES string of the molecule is COc1ccc(C(=O)N2CCCCCC2)cc1NC(=O)C[C@@H]1CCC[C@H]1N.Cl. The Morgan fingerprint density at radius 3 is 2.46 bits per heavy atom. The van der Waals surface area contributed by atoms with Crippen molar-refractivity contribution in [3.8, 4) is 5.75 Å². The fourth-order valence-corrected chi connectivity index (χ4v) is 4.15. The zero-order chi connectivity index (χ0) is 19.2. The predicted molar refractivity (Wildman–Crippen MR) is 113 cm³/mol. The van der Waals surface area contributed by atoms with E-state index in [-0.39, 0.29) is 36.2 Å². The third kappa shape index (κ3) is 5.61. The molecule has 2 fully saturated rings. The van der Waals surface area contributed by atoms with Crippen molar-refractivity contribution >= 4 is 29.9 Å². The van der Waals surface area contributed by atoms with Crippen LogP contribution in [0.25, 0.3) is 0 Å². The molecule has 2 atom stereocenters. The summed E-state index contributed by atoms with van der Waals surface area (Å²) < 4.78 is 5.37. The normalized spacial score (nSPS) is 22.1. The molecular weight excluding hydrogens is 378 g/mol. The summed E-state index contributed by atoms with van der Waals surface area (Å²) in [7, 11) is 1.56. The average Bonchev–Trinajstić information content (AvgIpc) is 2.90. The summed E-state index contributed by atoms with van der Waals surface area (Å²) in [6, 6.07) is 5.36. The number of nitrogens with zero attached hydrogens (tertiary/aromatic N) is 1. The lowest BCUT2D eigenvalue weighted by Crippen LogP contribution is -2.32. The van der Waals surface area contributed by atoms with Crippen molar-refractivity contribution in [3.05, 3.63) is 23.8 Å². The van der Waals surface area contributed by atoms with Crippen molar-refractivity contribution in [1.29, 1.82) is 0 Å². The Balaban J connectivity index is 0.00000280. The molecule has 1 aliphatic carbocycles. The van der Waals surface area contributed by atoms with Crippen molar-refractivity contribution in [2.45, 2.75) is 57.4 Å². The summed E-state index contributed by atoms with van der Waals surface area (Å²) in [6.45, 7) is 1.60. The second-order valence-electron chi connectivity index (χ2n) is 7.73. The molecule has 1 aliphatic heterocycles. The summed E-state index contributed by atoms with van der Waals surface area (Å²) in [5.74, 6) is 0.743. The summed E-state index contributed by atoms with van der Waals surface area (Å²) in [4.78, 5) is 27.3. The van der Waals surface area contributed by atoms with Crippen molar-refractivity contribution in [3.63, 3.8) is 0 Å². The van der Waals surface area contributed by atoms with Crippen LogP contribution in [-0.2, 0) is 4.79 Å². The molecule has 6 nitrogen and oxygen atoms in total. The van der Waals surface area contributed by atoms with Crippen LogP contribution in [0.15, 0.2) is 18.2 Å². The van der Waals surface area contributed by atoms with Gasteiger partial charge >= 0.3 is 0 Å². The van der Waals surface area contributed by atoms with Crippen LogP contribution in [0.4, 0.5) is 5.69 Å². The van der Waals surface area contributed by atoms with E-state index in [1.807, 2.05) is 4.90 Å². The smallest absolute Gasteiger partial charge is 0.253 e. The Morgan fingerprint density at radius 1 is 1.14 bits per heavy atom. The van der Waals surface area contributed by atoms with Gasteiger partial charge in [0.2, 0.25) is 5.91 Å². The van der Waals surface area contributed by atoms with Crippen LogP contribution >= 0.6 is 12.4 Å². The number of amides is 2. The van der Waals surface area contributed by atoms with Crippen LogP contribution in [0.1, 0.15) is 61.7 Å². The second-order valence-corrected chi connectivity index (χ2v) is 7.73. The number of anilines is 1. The van der Waals surface area contributed by atoms with Gasteiger partial charge in [-0.3, -0.25) is 9.59 Å². The van der Waals surface area contributed by atoms with Gasteiger partial charge in [-0.15, -0.1) is 12.4 Å². The molecule has 1 saturated carbocycles. The topological polar surface area (TPSA) is 84.7 Å². The molecule has 0 aromatic heterocycles. The molecule has 2 aliphatic rings. The van der Waals surface area contributed by atoms with Crippen LogP contribution in [0.3, 0.4) is 0 Å². The Labute approximate surface area is 173 Å². The van der Waals surface area contributed by atoms with Gasteiger partial charge in [-0.25, -0.2) is 0 Å². The van der Waals surface area contributed by atoms with E-state index in [2.05, 4.69) is 5.32 Å². The van der Waals surface area contributed by atoms with Gasteiger partial charge in [-0.1, -0.05) is 19.3 Å². The molecule has 3 rings (SSSR count). The molecule has 0 spiro atoms. The molecule has 1 aromatic rings. The van der Waals surface area contributed by atoms with Gasteiger partial charge in [0.15, 0.2) is 0 Å². The molecule has 1 aromatic carbocycles. The highest BCUT2D eigenvalue weighted by atomic mass is 35.5. The number of hydrogen-bond donors (Lipinski definition) is 2. The number of carbonyl (C=O) groups excluding carboxylic acids is 2. The fraction of sp³-hybridized carbons (Fsp3) is 0.619. The zero-order valence-corrected chi connectivity index (χ0v) is 17.4. The number of carbonyl (C=O) groups is 2. The second kappa shape index (κ2) is 10.7. The third-order valence-corrected chi connectivity index (χ3v) is 5.78. The number of benzene rings is 1. The first-order valence-electron chi connectivity index (χ1n) is 10.1. The maximum atomic E-state index is 12.9. The maximum Gasteiger partial charge on any atom is 0.253 e. The van der Waals surface area contributed by atoms with Gasteiger partial charge in [0.25, 0.3) is 5.91 Å². The van der Waals surface area contributed by atoms with Gasteiger partial charge in [-0.2, -0.15) is 0 Å². The summed E-state index contributed by atoms with van der Waals surface area (Å²) in [5, 5.41) is 2.93. The van der Waals surface area contributed by atoms with Gasteiger partial charge in [-0.05, 0) is 49.8 Å². The largest absolute Gasteiger partial charge is 0.495 e. The van der Waals surface area contributed by atoms with E-state index in [0.29, 0.717) is 23.4 Å². The molecule has 0 radical (unpaired) electrons. The van der Waals surface area contributed by atoms with E-state index in [4.69, 9.17) is 10.5 Å². The lowest BCUT2D eigenvalue weighted by Gasteiger charge is -2.21. The maximum absolute atomic E-state index is 12.9. The first kappa shape index (κ1) is 22.5. The summed E-state index contributed by atoms with van der Waals surface area (Å²) in [6.07, 6.45) is 7.94. The lowest BCUT2D eigenvalue weighted by atomic mass is 10.00. The van der Waals surface area contributed by atoms with Crippen molar-refractivity contribution in [2.75, 3.05) is 25.5 Å². The van der Waals surface area contributed by atoms with E-state index < -0.39 is 0 Å². The van der Waals surface area contributed by atoms with E-state index in [0.717, 1.165) is 45.2 Å². The van der Waals surface area contributed by atoms with Crippen molar-refractivity contribution < 1.29 is 14.3 Å². The monoisotopic (exact) mass is 409 g/mol. The predicted octanol–water partition coefficient (Wildman–Crippen LogP) is 3.59. The Bertz CT molecular complexity index is 675. The Kier molecular flexibility index (Phi) is 8.58. The highest BCUT2D eigenvalue weighted by molar-refractivity contribution is 5.98. The van der Waals surface area contributed by atoms with Gasteiger partial charge in [0.1, 0.15) is 5.75 Å². The van der Waals surface area contributed by atoms with Crippen LogP contribution in [0, 0.1) is 5.92 Å². The summed E-state index contributed by atoms with van der Waals surface area (Å²) in [5.41, 5.74) is 7.22. The lowest BCUT2D eigenvalue weighted by molar-refractivity contribution is -0.117. The number of nitrogens with two attached hydrogens (primary N) is 1. The van der Waals surface area contributed by atoms with E-state index >= 15 is 0 Å². The molecule has 0 unspecified atom stereocenters. The minimum Gasteiger partial charge on any atom is -0.495 e. The van der Waals surface area contributed by atoms with E-state index in [1.54, 1.807) is 25.3 Å². The van der Waals surface area contributed by atoms with Gasteiger partial charge in [0, 0.05) is 31.1 Å². The highest BCUT2D eigenvalue weighted by Crippen LogP contribution is 2.30. The molecule has 2 amide bonds. The molecule has 3 N–H and O–H groups in total. The highest BCUT2D eigenvalue weighted by Gasteiger charge is 2.26. The first-order valence-corrected chi connectivity index (χ1v) is 10.1. The van der Waals surface area contributed by atoms with Crippen LogP contribution in [-0.4, -0.2) is 43.0 Å². The van der Waals surface area contributed by atoms with Gasteiger partial charge < -0.3 is 20.7 Å². The number of hydrogen-bond acceptors (Lipinski definition) is 4.